The molecule has 67 heavy (non-hydrogen) atoms. The van der Waals surface area contributed by atoms with E-state index in [0.717, 1.165) is 27.4 Å². The Morgan fingerprint density at radius 1 is 0.955 bits per heavy atom. The predicted molar refractivity (Wildman–Crippen MR) is 230 cm³/mol. The van der Waals surface area contributed by atoms with E-state index in [1.54, 1.807) is 0 Å². The molecule has 4 aromatic heterocycles. The van der Waals surface area contributed by atoms with Gasteiger partial charge in [0.05, 0.1) is 38.7 Å². The number of fused-ring (bicyclic) bond motifs is 5. The van der Waals surface area contributed by atoms with Crippen LogP contribution in [0.1, 0.15) is 66.0 Å². The number of alkyl halides is 6. The zero-order valence-corrected chi connectivity index (χ0v) is 35.9. The Kier molecular flexibility index (Phi) is 10.7. The van der Waals surface area contributed by atoms with Crippen LogP contribution in [0.3, 0.4) is 0 Å². The monoisotopic (exact) mass is 973 g/mol. The number of carbonyl (C=O) groups excluding carboxylic acids is 1. The van der Waals surface area contributed by atoms with Gasteiger partial charge in [-0.1, -0.05) is 23.7 Å². The van der Waals surface area contributed by atoms with Crippen molar-refractivity contribution in [3.8, 4) is 16.9 Å². The first-order valence-electron chi connectivity index (χ1n) is 20.6. The van der Waals surface area contributed by atoms with Gasteiger partial charge in [-0.2, -0.15) is 19.0 Å². The summed E-state index contributed by atoms with van der Waals surface area (Å²) in [6, 6.07) is 11.3. The molecule has 0 aliphatic heterocycles. The van der Waals surface area contributed by atoms with Crippen molar-refractivity contribution in [2.45, 2.75) is 74.8 Å². The fourth-order valence-corrected chi connectivity index (χ4v) is 10.7. The van der Waals surface area contributed by atoms with E-state index in [-0.39, 0.29) is 72.5 Å². The van der Waals surface area contributed by atoms with E-state index in [9.17, 15) is 35.3 Å². The predicted octanol–water partition coefficient (Wildman–Crippen LogP) is 8.78. The Hall–Kier alpha value is -6.42. The Labute approximate surface area is 377 Å². The number of nitrogens with zero attached hydrogens (tertiary/aromatic N) is 7. The number of amides is 1. The molecule has 0 bridgehead atoms. The lowest BCUT2D eigenvalue weighted by molar-refractivity contribution is -0.123. The Morgan fingerprint density at radius 3 is 2.37 bits per heavy atom. The van der Waals surface area contributed by atoms with Crippen LogP contribution < -0.4 is 15.6 Å². The van der Waals surface area contributed by atoms with Crippen LogP contribution in [0.25, 0.3) is 38.9 Å². The van der Waals surface area contributed by atoms with Crippen LogP contribution in [-0.4, -0.2) is 61.8 Å². The summed E-state index contributed by atoms with van der Waals surface area (Å²) < 4.78 is 152. The molecule has 0 saturated heterocycles. The van der Waals surface area contributed by atoms with Gasteiger partial charge in [0.25, 0.3) is 24.3 Å². The molecular formula is C44H33ClF9N9O3S. The number of halogens is 10. The summed E-state index contributed by atoms with van der Waals surface area (Å²) in [5, 5.41) is 9.77. The van der Waals surface area contributed by atoms with Gasteiger partial charge in [-0.25, -0.2) is 44.9 Å². The van der Waals surface area contributed by atoms with E-state index in [1.807, 2.05) is 0 Å². The van der Waals surface area contributed by atoms with Crippen LogP contribution in [0.15, 0.2) is 71.5 Å². The van der Waals surface area contributed by atoms with Crippen molar-refractivity contribution in [1.82, 2.24) is 39.4 Å². The molecule has 0 radical (unpaired) electrons. The minimum atomic E-state index is -3.62. The Bertz CT molecular complexity index is 3360. The van der Waals surface area contributed by atoms with E-state index in [2.05, 4.69) is 36.1 Å². The van der Waals surface area contributed by atoms with E-state index in [4.69, 9.17) is 11.6 Å². The number of hydrogen-bond donors (Lipinski definition) is 2. The highest BCUT2D eigenvalue weighted by molar-refractivity contribution is 8.02. The van der Waals surface area contributed by atoms with Gasteiger partial charge < -0.3 is 5.32 Å². The second kappa shape index (κ2) is 16.1. The van der Waals surface area contributed by atoms with Crippen molar-refractivity contribution >= 4 is 60.8 Å². The molecule has 23 heteroatoms. The SMILES string of the molecule is C=S(=O)(Nc1nn(CC(F)F)c2c(-n3c([C@H](Cc4cc(F)cc(F)c4)NC(=O)Cn4nc(C(F)F)c5c4C(F)(F)[C@@H]4C[C@H]54)nc4nc(-c5ccccc5F)ccc4c3=O)ccc(Cl)c12)C1CC1. The number of benzene rings is 3. The van der Waals surface area contributed by atoms with Gasteiger partial charge >= 0.3 is 0 Å². The van der Waals surface area contributed by atoms with Gasteiger partial charge in [-0.05, 0) is 85.1 Å². The fraction of sp³-hybridized carbons (Fsp3) is 0.295. The van der Waals surface area contributed by atoms with E-state index in [1.165, 1.54) is 42.5 Å². The topological polar surface area (TPSA) is 142 Å². The number of carbonyl (C=O) groups is 1. The van der Waals surface area contributed by atoms with Crippen molar-refractivity contribution in [3.63, 3.8) is 0 Å². The standard InChI is InChI=1S/C44H33ClF9N9O3S/c1-67(66,22-6-7-22)60-41-35-27(45)9-11-31(37(35)61(59-41)17-32(49)50)63-42(57-40-24(43(63)65)8-10-29(56-40)23-4-2-3-5-28(23)48)30(14-19-12-20(46)15-21(47)13-19)55-33(64)18-62-38-34(36(58-62)39(51)52)25-16-26(25)44(38,53)54/h2-5,8-13,15,22,25-26,30,32,39H,1,6-7,14,16-18H2,(H,55,64)(H,59,60,66)/t25-,26+,30-,67?/m0/s1. The number of anilines is 1. The van der Waals surface area contributed by atoms with Gasteiger partial charge in [0.15, 0.2) is 11.5 Å². The number of aromatic nitrogens is 7. The van der Waals surface area contributed by atoms with Crippen LogP contribution in [-0.2, 0) is 39.9 Å². The van der Waals surface area contributed by atoms with Gasteiger partial charge in [0.2, 0.25) is 5.91 Å². The molecule has 0 spiro atoms. The molecule has 2 saturated carbocycles. The quantitative estimate of drug-likeness (QED) is 0.0820. The number of hydrogen-bond acceptors (Lipinski definition) is 7. The normalized spacial score (nSPS) is 18.6. The first kappa shape index (κ1) is 44.4. The smallest absolute Gasteiger partial charge is 0.293 e. The fourth-order valence-electron chi connectivity index (χ4n) is 8.97. The highest BCUT2D eigenvalue weighted by Gasteiger charge is 2.67. The molecule has 2 fully saturated rings. The molecule has 2 N–H and O–H groups in total. The van der Waals surface area contributed by atoms with Gasteiger partial charge in [0.1, 0.15) is 47.8 Å². The van der Waals surface area contributed by atoms with Crippen molar-refractivity contribution in [3.05, 3.63) is 128 Å². The lowest BCUT2D eigenvalue weighted by atomic mass is 10.0. The number of nitrogens with one attached hydrogen (secondary N) is 2. The molecule has 4 heterocycles. The average molecular weight is 974 g/mol. The first-order valence-corrected chi connectivity index (χ1v) is 22.8. The molecule has 3 aromatic carbocycles. The van der Waals surface area contributed by atoms with Gasteiger partial charge in [-0.15, -0.1) is 0 Å². The molecule has 10 rings (SSSR count). The highest BCUT2D eigenvalue weighted by atomic mass is 35.5. The molecule has 348 valence electrons. The van der Waals surface area contributed by atoms with Crippen LogP contribution >= 0.6 is 11.6 Å². The minimum absolute atomic E-state index is 0.00934. The summed E-state index contributed by atoms with van der Waals surface area (Å²) in [7, 11) is -3.12. The minimum Gasteiger partial charge on any atom is -0.344 e. The summed E-state index contributed by atoms with van der Waals surface area (Å²) in [6.07, 6.45) is -5.88. The summed E-state index contributed by atoms with van der Waals surface area (Å²) >= 11 is 6.72. The lowest BCUT2D eigenvalue weighted by Gasteiger charge is -2.24. The molecule has 3 aliphatic rings. The molecule has 7 aromatic rings. The van der Waals surface area contributed by atoms with Crippen molar-refractivity contribution in [1.29, 1.82) is 0 Å². The zero-order valence-electron chi connectivity index (χ0n) is 34.3. The van der Waals surface area contributed by atoms with Gasteiger partial charge in [0, 0.05) is 44.5 Å². The van der Waals surface area contributed by atoms with E-state index >= 15 is 18.0 Å². The molecule has 4 atom stereocenters. The molecule has 12 nitrogen and oxygen atoms in total. The summed E-state index contributed by atoms with van der Waals surface area (Å²) in [4.78, 5) is 38.5. The molecular weight excluding hydrogens is 941 g/mol. The largest absolute Gasteiger partial charge is 0.344 e. The maximum absolute atomic E-state index is 15.6. The second-order valence-electron chi connectivity index (χ2n) is 16.7. The van der Waals surface area contributed by atoms with E-state index < -0.39 is 112 Å². The van der Waals surface area contributed by atoms with Gasteiger partial charge in [-0.3, -0.25) is 28.2 Å². The van der Waals surface area contributed by atoms with Crippen LogP contribution in [0.2, 0.25) is 5.02 Å². The molecule has 3 aliphatic carbocycles. The molecule has 1 unspecified atom stereocenters. The maximum atomic E-state index is 15.6. The summed E-state index contributed by atoms with van der Waals surface area (Å²) in [6.45, 7) is -2.19. The first-order chi connectivity index (χ1) is 31.8. The number of pyridine rings is 1. The van der Waals surface area contributed by atoms with Crippen LogP contribution in [0.4, 0.5) is 45.3 Å². The third-order valence-electron chi connectivity index (χ3n) is 12.1. The lowest BCUT2D eigenvalue weighted by Crippen LogP contribution is -2.38. The zero-order chi connectivity index (χ0) is 47.4. The van der Waals surface area contributed by atoms with Crippen molar-refractivity contribution < 1.29 is 48.5 Å². The third kappa shape index (κ3) is 7.86. The second-order valence-corrected chi connectivity index (χ2v) is 19.4. The number of rotatable bonds is 14. The van der Waals surface area contributed by atoms with Crippen LogP contribution in [0.5, 0.6) is 0 Å². The summed E-state index contributed by atoms with van der Waals surface area (Å²) in [5.41, 5.74) is -4.13. The average Bonchev–Trinajstić information content (AvgIpc) is 4.18. The molecule has 1 amide bonds. The van der Waals surface area contributed by atoms with Crippen molar-refractivity contribution in [2.24, 2.45) is 5.92 Å². The maximum Gasteiger partial charge on any atom is 0.293 e. The summed E-state index contributed by atoms with van der Waals surface area (Å²) in [5.74, 6) is -6.69. The van der Waals surface area contributed by atoms with Crippen LogP contribution in [0, 0.1) is 23.4 Å². The third-order valence-corrected chi connectivity index (χ3v) is 14.5. The van der Waals surface area contributed by atoms with E-state index in [0.29, 0.717) is 23.6 Å². The Balaban J connectivity index is 1.20. The highest BCUT2D eigenvalue weighted by Crippen LogP contribution is 2.68. The van der Waals surface area contributed by atoms with Crippen molar-refractivity contribution in [2.75, 3.05) is 4.72 Å². The Morgan fingerprint density at radius 2 is 1.69 bits per heavy atom.